The number of rotatable bonds is 10. The van der Waals surface area contributed by atoms with Gasteiger partial charge in [-0.25, -0.2) is 18.5 Å². The summed E-state index contributed by atoms with van der Waals surface area (Å²) in [6.45, 7) is 5.25. The molecule has 1 aliphatic rings. The summed E-state index contributed by atoms with van der Waals surface area (Å²) in [5, 5.41) is 27.6. The highest BCUT2D eigenvalue weighted by molar-refractivity contribution is 7.89. The summed E-state index contributed by atoms with van der Waals surface area (Å²) in [6.07, 6.45) is 7.23. The van der Waals surface area contributed by atoms with Crippen LogP contribution in [0.5, 0.6) is 0 Å². The van der Waals surface area contributed by atoms with Gasteiger partial charge in [-0.2, -0.15) is 0 Å². The maximum absolute atomic E-state index is 11.7. The molecule has 1 unspecified atom stereocenters. The molecule has 10 nitrogen and oxygen atoms in total. The van der Waals surface area contributed by atoms with E-state index < -0.39 is 10.0 Å². The molecule has 0 aliphatic carbocycles. The highest BCUT2D eigenvalue weighted by atomic mass is 32.2. The number of aliphatic imine (C=N–C) groups is 1. The Morgan fingerprint density at radius 3 is 2.82 bits per heavy atom. The molecule has 180 valence electrons. The minimum absolute atomic E-state index is 0.0259. The van der Waals surface area contributed by atoms with Crippen LogP contribution in [0.3, 0.4) is 0 Å². The predicted molar refractivity (Wildman–Crippen MR) is 129 cm³/mol. The highest BCUT2D eigenvalue weighted by Crippen LogP contribution is 2.28. The van der Waals surface area contributed by atoms with E-state index in [1.807, 2.05) is 11.1 Å². The average Bonchev–Trinajstić information content (AvgIpc) is 3.28. The number of anilines is 1. The summed E-state index contributed by atoms with van der Waals surface area (Å²) in [5.74, 6) is -0.222. The number of primary sulfonamides is 1. The number of nitrogens with zero attached hydrogens (tertiary/aromatic N) is 4. The second kappa shape index (κ2) is 12.2. The predicted octanol–water partition coefficient (Wildman–Crippen LogP) is 2.46. The number of hydrogen-bond acceptors (Lipinski definition) is 7. The number of sulfonamides is 1. The first-order chi connectivity index (χ1) is 15.7. The van der Waals surface area contributed by atoms with Gasteiger partial charge < -0.3 is 24.9 Å². The van der Waals surface area contributed by atoms with Gasteiger partial charge in [0, 0.05) is 45.1 Å². The largest absolute Gasteiger partial charge is 0.516 e. The lowest BCUT2D eigenvalue weighted by Gasteiger charge is -2.20. The van der Waals surface area contributed by atoms with Crippen molar-refractivity contribution in [3.63, 3.8) is 0 Å². The van der Waals surface area contributed by atoms with Crippen molar-refractivity contribution in [3.05, 3.63) is 61.0 Å². The fourth-order valence-corrected chi connectivity index (χ4v) is 3.93. The number of hydrogen-bond donors (Lipinski definition) is 3. The van der Waals surface area contributed by atoms with E-state index in [4.69, 9.17) is 9.88 Å². The van der Waals surface area contributed by atoms with Gasteiger partial charge in [-0.05, 0) is 47.8 Å². The van der Waals surface area contributed by atoms with Gasteiger partial charge in [-0.1, -0.05) is 12.1 Å². The summed E-state index contributed by atoms with van der Waals surface area (Å²) >= 11 is 0. The number of benzene rings is 1. The maximum Gasteiger partial charge on any atom is 0.262 e. The molecule has 0 saturated heterocycles. The lowest BCUT2D eigenvalue weighted by atomic mass is 9.93. The Hall–Kier alpha value is -3.15. The summed E-state index contributed by atoms with van der Waals surface area (Å²) in [7, 11) is -0.521. The molecule has 0 bridgehead atoms. The lowest BCUT2D eigenvalue weighted by Crippen LogP contribution is -2.30. The van der Waals surface area contributed by atoms with E-state index in [0.717, 1.165) is 11.8 Å². The Labute approximate surface area is 194 Å². The zero-order valence-electron chi connectivity index (χ0n) is 18.8. The van der Waals surface area contributed by atoms with Gasteiger partial charge in [0.15, 0.2) is 0 Å². The Bertz CT molecular complexity index is 1050. The number of allylic oxidation sites excluding steroid dienone is 2. The van der Waals surface area contributed by atoms with Crippen molar-refractivity contribution in [1.29, 1.82) is 0 Å². The van der Waals surface area contributed by atoms with Crippen LogP contribution in [-0.4, -0.2) is 69.2 Å². The summed E-state index contributed by atoms with van der Waals surface area (Å²) in [4.78, 5) is 8.20. The van der Waals surface area contributed by atoms with Gasteiger partial charge >= 0.3 is 0 Å². The number of ether oxygens (including phenoxy) is 1. The van der Waals surface area contributed by atoms with E-state index in [1.165, 1.54) is 12.1 Å². The zero-order chi connectivity index (χ0) is 24.4. The molecule has 0 saturated carbocycles. The normalized spacial score (nSPS) is 16.2. The third-order valence-corrected chi connectivity index (χ3v) is 6.02. The molecule has 1 atom stereocenters. The Kier molecular flexibility index (Phi) is 9.64. The lowest BCUT2D eigenvalue weighted by molar-refractivity contribution is 0.180. The number of nitrogens with two attached hydrogens (primary N) is 1. The minimum Gasteiger partial charge on any atom is -0.516 e. The summed E-state index contributed by atoms with van der Waals surface area (Å²) in [6, 6.07) is 6.38. The van der Waals surface area contributed by atoms with Crippen LogP contribution >= 0.6 is 0 Å². The molecule has 1 aromatic rings. The van der Waals surface area contributed by atoms with E-state index in [2.05, 4.69) is 16.7 Å². The minimum atomic E-state index is -3.83. The van der Waals surface area contributed by atoms with Crippen LogP contribution in [-0.2, 0) is 14.8 Å². The maximum atomic E-state index is 11.7. The number of methoxy groups -OCH3 is 1. The fourth-order valence-electron chi connectivity index (χ4n) is 3.37. The molecule has 2 rings (SSSR count). The van der Waals surface area contributed by atoms with Crippen LogP contribution in [0.1, 0.15) is 12.8 Å². The summed E-state index contributed by atoms with van der Waals surface area (Å²) in [5.41, 5.74) is 2.12. The van der Waals surface area contributed by atoms with Crippen LogP contribution in [0.2, 0.25) is 0 Å². The molecule has 0 amide bonds. The Balaban J connectivity index is 2.48. The molecular weight excluding hydrogens is 446 g/mol. The first kappa shape index (κ1) is 26.1. The van der Waals surface area contributed by atoms with Crippen molar-refractivity contribution >= 4 is 27.4 Å². The van der Waals surface area contributed by atoms with E-state index in [0.29, 0.717) is 43.9 Å². The smallest absolute Gasteiger partial charge is 0.262 e. The van der Waals surface area contributed by atoms with E-state index in [1.54, 1.807) is 43.3 Å². The van der Waals surface area contributed by atoms with Crippen LogP contribution in [0.4, 0.5) is 5.69 Å². The van der Waals surface area contributed by atoms with Gasteiger partial charge in [0.1, 0.15) is 0 Å². The second-order valence-electron chi connectivity index (χ2n) is 7.42. The van der Waals surface area contributed by atoms with Gasteiger partial charge in [-0.15, -0.1) is 6.58 Å². The number of likely N-dealkylation sites (N-methyl/N-ethyl adjacent to an activating group) is 1. The molecule has 0 radical (unpaired) electrons. The van der Waals surface area contributed by atoms with Crippen LogP contribution in [0.25, 0.3) is 0 Å². The van der Waals surface area contributed by atoms with E-state index in [-0.39, 0.29) is 16.8 Å². The molecule has 0 spiro atoms. The standard InChI is InChI=1S/C22H31N5O5S/c1-4-6-17(10-13-28)21(24-22(25-29)26(2)12-14-32-3)18-9-11-27(16-18)19-7-5-8-20(15-19)33(23,30)31/h4-5,7-8,10,13,15-17,28-29H,1,6,9,11-12,14H2,2-3H3,(H2,23,30,31)/b13-10+,24-21?,25-22?. The van der Waals surface area contributed by atoms with Crippen LogP contribution < -0.4 is 10.0 Å². The van der Waals surface area contributed by atoms with Crippen molar-refractivity contribution in [1.82, 2.24) is 4.90 Å². The van der Waals surface area contributed by atoms with E-state index >= 15 is 0 Å². The number of guanidine groups is 1. The summed E-state index contributed by atoms with van der Waals surface area (Å²) < 4.78 is 28.5. The fraction of sp³-hybridized carbons (Fsp3) is 0.364. The van der Waals surface area contributed by atoms with Gasteiger partial charge in [0.2, 0.25) is 10.0 Å². The third-order valence-electron chi connectivity index (χ3n) is 5.11. The van der Waals surface area contributed by atoms with Gasteiger partial charge in [-0.3, -0.25) is 0 Å². The van der Waals surface area contributed by atoms with E-state index in [9.17, 15) is 18.7 Å². The van der Waals surface area contributed by atoms with Crippen LogP contribution in [0.15, 0.2) is 76.1 Å². The molecular formula is C22H31N5O5S. The first-order valence-corrected chi connectivity index (χ1v) is 11.8. The number of oxime groups is 1. The zero-order valence-corrected chi connectivity index (χ0v) is 19.6. The van der Waals surface area contributed by atoms with Crippen molar-refractivity contribution in [3.8, 4) is 0 Å². The monoisotopic (exact) mass is 477 g/mol. The molecule has 0 fully saturated rings. The Morgan fingerprint density at radius 1 is 1.45 bits per heavy atom. The van der Waals surface area contributed by atoms with Crippen molar-refractivity contribution in [2.75, 3.05) is 38.8 Å². The topological polar surface area (TPSA) is 141 Å². The molecule has 4 N–H and O–H groups in total. The van der Waals surface area contributed by atoms with Gasteiger partial charge in [0.25, 0.3) is 5.96 Å². The van der Waals surface area contributed by atoms with Crippen molar-refractivity contribution in [2.45, 2.75) is 17.7 Å². The first-order valence-electron chi connectivity index (χ1n) is 10.3. The quantitative estimate of drug-likeness (QED) is 0.117. The molecule has 1 aliphatic heterocycles. The molecule has 11 heteroatoms. The number of aliphatic hydroxyl groups is 1. The molecule has 0 aromatic heterocycles. The molecule has 1 heterocycles. The van der Waals surface area contributed by atoms with Crippen LogP contribution in [0, 0.1) is 5.92 Å². The SMILES string of the molecule is C=CCC(/C=C/O)C(=NC(=NO)N(C)CCOC)C1=CN(c2cccc(S(N)(=O)=O)c2)CC1. The Morgan fingerprint density at radius 2 is 2.21 bits per heavy atom. The third kappa shape index (κ3) is 7.17. The number of aliphatic hydroxyl groups excluding tert-OH is 1. The van der Waals surface area contributed by atoms with Crippen molar-refractivity contribution in [2.24, 2.45) is 21.2 Å². The molecule has 1 aromatic carbocycles. The second-order valence-corrected chi connectivity index (χ2v) is 8.99. The van der Waals surface area contributed by atoms with Gasteiger partial charge in [0.05, 0.1) is 23.5 Å². The van der Waals surface area contributed by atoms with Crippen molar-refractivity contribution < 1.29 is 23.5 Å². The molecule has 33 heavy (non-hydrogen) atoms. The average molecular weight is 478 g/mol. The highest BCUT2D eigenvalue weighted by Gasteiger charge is 2.25.